The lowest BCUT2D eigenvalue weighted by Crippen LogP contribution is -2.24. The molecule has 0 atom stereocenters. The van der Waals surface area contributed by atoms with Gasteiger partial charge in [0.2, 0.25) is 5.91 Å². The average molecular weight is 309 g/mol. The van der Waals surface area contributed by atoms with Crippen LogP contribution in [-0.4, -0.2) is 22.6 Å². The topological polar surface area (TPSA) is 56.1 Å². The van der Waals surface area contributed by atoms with Crippen LogP contribution in [0.3, 0.4) is 0 Å². The number of aryl methyl sites for hydroxylation is 1. The van der Waals surface area contributed by atoms with Gasteiger partial charge in [0.15, 0.2) is 0 Å². The van der Waals surface area contributed by atoms with Crippen molar-refractivity contribution in [2.45, 2.75) is 13.0 Å². The van der Waals surface area contributed by atoms with Gasteiger partial charge in [-0.25, -0.2) is 4.98 Å². The molecule has 2 heterocycles. The molecule has 0 spiro atoms. The fraction of sp³-hybridized carbons (Fsp3) is 0.222. The monoisotopic (exact) mass is 309 g/mol. The predicted molar refractivity (Wildman–Crippen MR) is 89.3 cm³/mol. The number of pyridine rings is 1. The summed E-state index contributed by atoms with van der Waals surface area (Å²) in [6, 6.07) is 11.6. The number of nitrogens with one attached hydrogen (secondary N) is 1. The number of aromatic nitrogens is 2. The fourth-order valence-electron chi connectivity index (χ4n) is 2.65. The molecule has 3 rings (SSSR count). The summed E-state index contributed by atoms with van der Waals surface area (Å²) in [4.78, 5) is 16.6. The van der Waals surface area contributed by atoms with Crippen LogP contribution in [0.2, 0.25) is 0 Å². The third-order valence-corrected chi connectivity index (χ3v) is 3.79. The number of hydrogen-bond acceptors (Lipinski definition) is 3. The molecular weight excluding hydrogens is 290 g/mol. The molecule has 1 amide bonds. The third-order valence-electron chi connectivity index (χ3n) is 3.79. The van der Waals surface area contributed by atoms with E-state index in [-0.39, 0.29) is 5.91 Å². The second-order valence-corrected chi connectivity index (χ2v) is 5.44. The lowest BCUT2D eigenvalue weighted by molar-refractivity contribution is -0.120. The number of ether oxygens (including phenoxy) is 1. The first-order valence-electron chi connectivity index (χ1n) is 7.46. The van der Waals surface area contributed by atoms with Crippen LogP contribution in [-0.2, 0) is 24.8 Å². The van der Waals surface area contributed by atoms with E-state index in [1.807, 2.05) is 54.2 Å². The van der Waals surface area contributed by atoms with Crippen LogP contribution < -0.4 is 10.1 Å². The molecule has 0 unspecified atom stereocenters. The zero-order valence-corrected chi connectivity index (χ0v) is 13.2. The summed E-state index contributed by atoms with van der Waals surface area (Å²) in [7, 11) is 3.57. The van der Waals surface area contributed by atoms with E-state index in [9.17, 15) is 4.79 Å². The van der Waals surface area contributed by atoms with E-state index in [4.69, 9.17) is 4.74 Å². The Morgan fingerprint density at radius 1 is 1.30 bits per heavy atom. The largest absolute Gasteiger partial charge is 0.497 e. The minimum absolute atomic E-state index is 0.0100. The molecule has 118 valence electrons. The molecule has 0 radical (unpaired) electrons. The van der Waals surface area contributed by atoms with E-state index < -0.39 is 0 Å². The van der Waals surface area contributed by atoms with Gasteiger partial charge in [0, 0.05) is 31.4 Å². The number of carbonyl (C=O) groups is 1. The molecule has 5 heteroatoms. The summed E-state index contributed by atoms with van der Waals surface area (Å²) < 4.78 is 7.13. The lowest BCUT2D eigenvalue weighted by atomic mass is 10.1. The molecule has 0 saturated heterocycles. The SMILES string of the molecule is COc1cccc(CNC(=O)Cc2cn(C)c3ncccc23)c1. The molecule has 0 aliphatic rings. The maximum Gasteiger partial charge on any atom is 0.224 e. The highest BCUT2D eigenvalue weighted by Crippen LogP contribution is 2.18. The first-order valence-corrected chi connectivity index (χ1v) is 7.46. The second-order valence-electron chi connectivity index (χ2n) is 5.44. The molecule has 0 bridgehead atoms. The molecule has 0 aliphatic heterocycles. The number of benzene rings is 1. The summed E-state index contributed by atoms with van der Waals surface area (Å²) in [5.41, 5.74) is 2.89. The van der Waals surface area contributed by atoms with Crippen LogP contribution in [0.5, 0.6) is 5.75 Å². The van der Waals surface area contributed by atoms with E-state index in [0.717, 1.165) is 27.9 Å². The van der Waals surface area contributed by atoms with Crippen LogP contribution in [0, 0.1) is 0 Å². The van der Waals surface area contributed by atoms with Gasteiger partial charge in [-0.3, -0.25) is 4.79 Å². The zero-order valence-electron chi connectivity index (χ0n) is 13.2. The number of methoxy groups -OCH3 is 1. The van der Waals surface area contributed by atoms with E-state index in [0.29, 0.717) is 13.0 Å². The third kappa shape index (κ3) is 3.34. The summed E-state index contributed by atoms with van der Waals surface area (Å²) in [6.07, 6.45) is 4.06. The van der Waals surface area contributed by atoms with Crippen LogP contribution in [0.25, 0.3) is 11.0 Å². The summed E-state index contributed by atoms with van der Waals surface area (Å²) >= 11 is 0. The van der Waals surface area contributed by atoms with Gasteiger partial charge < -0.3 is 14.6 Å². The Hall–Kier alpha value is -2.82. The van der Waals surface area contributed by atoms with Crippen molar-refractivity contribution in [2.75, 3.05) is 7.11 Å². The summed E-state index contributed by atoms with van der Waals surface area (Å²) in [5, 5.41) is 3.97. The number of nitrogens with zero attached hydrogens (tertiary/aromatic N) is 2. The van der Waals surface area contributed by atoms with E-state index >= 15 is 0 Å². The van der Waals surface area contributed by atoms with E-state index in [2.05, 4.69) is 10.3 Å². The van der Waals surface area contributed by atoms with Crippen molar-refractivity contribution in [3.63, 3.8) is 0 Å². The van der Waals surface area contributed by atoms with Crippen molar-refractivity contribution < 1.29 is 9.53 Å². The first-order chi connectivity index (χ1) is 11.2. The van der Waals surface area contributed by atoms with E-state index in [1.54, 1.807) is 13.3 Å². The van der Waals surface area contributed by atoms with Crippen molar-refractivity contribution in [2.24, 2.45) is 7.05 Å². The normalized spacial score (nSPS) is 10.7. The van der Waals surface area contributed by atoms with E-state index in [1.165, 1.54) is 0 Å². The Bertz CT molecular complexity index is 839. The smallest absolute Gasteiger partial charge is 0.224 e. The Morgan fingerprint density at radius 2 is 2.17 bits per heavy atom. The van der Waals surface area contributed by atoms with Crippen molar-refractivity contribution in [3.05, 3.63) is 59.9 Å². The highest BCUT2D eigenvalue weighted by Gasteiger charge is 2.11. The minimum atomic E-state index is -0.0100. The van der Waals surface area contributed by atoms with Gasteiger partial charge in [-0.15, -0.1) is 0 Å². The molecule has 1 aromatic carbocycles. The fourth-order valence-corrected chi connectivity index (χ4v) is 2.65. The van der Waals surface area contributed by atoms with Crippen molar-refractivity contribution in [3.8, 4) is 5.75 Å². The van der Waals surface area contributed by atoms with Gasteiger partial charge in [0.25, 0.3) is 0 Å². The molecule has 0 aliphatic carbocycles. The van der Waals surface area contributed by atoms with Gasteiger partial charge in [-0.2, -0.15) is 0 Å². The van der Waals surface area contributed by atoms with Gasteiger partial charge in [0.1, 0.15) is 11.4 Å². The number of amides is 1. The molecule has 2 aromatic heterocycles. The predicted octanol–water partition coefficient (Wildman–Crippen LogP) is 2.44. The maximum atomic E-state index is 12.2. The molecule has 0 fully saturated rings. The molecule has 5 nitrogen and oxygen atoms in total. The van der Waals surface area contributed by atoms with Crippen LogP contribution in [0.1, 0.15) is 11.1 Å². The number of carbonyl (C=O) groups excluding carboxylic acids is 1. The Labute approximate surface area is 134 Å². The van der Waals surface area contributed by atoms with Crippen molar-refractivity contribution >= 4 is 16.9 Å². The molecule has 1 N–H and O–H groups in total. The minimum Gasteiger partial charge on any atom is -0.497 e. The average Bonchev–Trinajstić information content (AvgIpc) is 2.89. The van der Waals surface area contributed by atoms with Crippen LogP contribution >= 0.6 is 0 Å². The Morgan fingerprint density at radius 3 is 3.00 bits per heavy atom. The highest BCUT2D eigenvalue weighted by atomic mass is 16.5. The van der Waals surface area contributed by atoms with Crippen LogP contribution in [0.15, 0.2) is 48.8 Å². The number of hydrogen-bond donors (Lipinski definition) is 1. The number of fused-ring (bicyclic) bond motifs is 1. The number of rotatable bonds is 5. The quantitative estimate of drug-likeness (QED) is 0.787. The Balaban J connectivity index is 1.67. The van der Waals surface area contributed by atoms with Crippen LogP contribution in [0.4, 0.5) is 0 Å². The second kappa shape index (κ2) is 6.52. The van der Waals surface area contributed by atoms with Gasteiger partial charge in [-0.05, 0) is 35.4 Å². The lowest BCUT2D eigenvalue weighted by Gasteiger charge is -2.06. The van der Waals surface area contributed by atoms with Crippen molar-refractivity contribution in [1.29, 1.82) is 0 Å². The summed E-state index contributed by atoms with van der Waals surface area (Å²) in [5.74, 6) is 0.779. The molecule has 3 aromatic rings. The van der Waals surface area contributed by atoms with Crippen molar-refractivity contribution in [1.82, 2.24) is 14.9 Å². The highest BCUT2D eigenvalue weighted by molar-refractivity contribution is 5.87. The van der Waals surface area contributed by atoms with Gasteiger partial charge in [-0.1, -0.05) is 12.1 Å². The first kappa shape index (κ1) is 15.1. The standard InChI is InChI=1S/C18H19N3O2/c1-21-12-14(16-7-4-8-19-18(16)21)10-17(22)20-11-13-5-3-6-15(9-13)23-2/h3-9,12H,10-11H2,1-2H3,(H,20,22). The van der Waals surface area contributed by atoms with Gasteiger partial charge in [0.05, 0.1) is 13.5 Å². The molecule has 23 heavy (non-hydrogen) atoms. The molecule has 0 saturated carbocycles. The van der Waals surface area contributed by atoms with Gasteiger partial charge >= 0.3 is 0 Å². The Kier molecular flexibility index (Phi) is 4.28. The maximum absolute atomic E-state index is 12.2. The molecular formula is C18H19N3O2. The zero-order chi connectivity index (χ0) is 16.2. The summed E-state index contributed by atoms with van der Waals surface area (Å²) in [6.45, 7) is 0.485.